The monoisotopic (exact) mass is 345 g/mol. The molecule has 1 aliphatic heterocycles. The Labute approximate surface area is 137 Å². The van der Waals surface area contributed by atoms with Crippen molar-refractivity contribution in [2.75, 3.05) is 20.2 Å². The maximum absolute atomic E-state index is 13.5. The van der Waals surface area contributed by atoms with E-state index in [0.29, 0.717) is 13.2 Å². The molecule has 24 heavy (non-hydrogen) atoms. The van der Waals surface area contributed by atoms with E-state index < -0.39 is 24.1 Å². The fraction of sp³-hybridized carbons (Fsp3) is 0.467. The molecule has 1 aliphatic rings. The van der Waals surface area contributed by atoms with Gasteiger partial charge in [0.15, 0.2) is 12.2 Å². The van der Waals surface area contributed by atoms with Gasteiger partial charge in [0.25, 0.3) is 0 Å². The molecule has 0 radical (unpaired) electrons. The zero-order valence-corrected chi connectivity index (χ0v) is 13.0. The van der Waals surface area contributed by atoms with E-state index in [-0.39, 0.29) is 11.9 Å². The summed E-state index contributed by atoms with van der Waals surface area (Å²) >= 11 is 0. The second-order valence-corrected chi connectivity index (χ2v) is 5.05. The summed E-state index contributed by atoms with van der Waals surface area (Å²) in [4.78, 5) is 19.5. The van der Waals surface area contributed by atoms with Crippen LogP contribution in [0.4, 0.5) is 4.39 Å². The Hall–Kier alpha value is -2.07. The highest BCUT2D eigenvalue weighted by Gasteiger charge is 2.29. The van der Waals surface area contributed by atoms with E-state index in [9.17, 15) is 14.0 Å². The first-order valence-corrected chi connectivity index (χ1v) is 7.14. The van der Waals surface area contributed by atoms with Gasteiger partial charge >= 0.3 is 11.9 Å². The largest absolute Gasteiger partial charge is 0.479 e. The molecule has 3 atom stereocenters. The van der Waals surface area contributed by atoms with Gasteiger partial charge in [0.05, 0.1) is 12.7 Å². The molecule has 0 saturated carbocycles. The number of hydrogen-bond donors (Lipinski definition) is 5. The van der Waals surface area contributed by atoms with Gasteiger partial charge in [-0.1, -0.05) is 12.1 Å². The van der Waals surface area contributed by atoms with Gasteiger partial charge in [-0.25, -0.2) is 14.0 Å². The number of halogens is 1. The molecule has 8 nitrogen and oxygen atoms in total. The van der Waals surface area contributed by atoms with Crippen LogP contribution in [0.15, 0.2) is 18.2 Å². The summed E-state index contributed by atoms with van der Waals surface area (Å²) in [7, 11) is 1.85. The first kappa shape index (κ1) is 20.0. The van der Waals surface area contributed by atoms with Crippen molar-refractivity contribution in [2.24, 2.45) is 0 Å². The number of aliphatic carboxylic acids is 2. The van der Waals surface area contributed by atoms with Crippen LogP contribution in [0.2, 0.25) is 0 Å². The molecule has 134 valence electrons. The van der Waals surface area contributed by atoms with Crippen molar-refractivity contribution in [3.05, 3.63) is 35.1 Å². The third kappa shape index (κ3) is 5.24. The van der Waals surface area contributed by atoms with Crippen molar-refractivity contribution in [2.45, 2.75) is 24.7 Å². The average Bonchev–Trinajstić information content (AvgIpc) is 2.54. The highest BCUT2D eigenvalue weighted by Crippen LogP contribution is 2.28. The van der Waals surface area contributed by atoms with Gasteiger partial charge in [-0.05, 0) is 25.1 Å². The third-order valence-electron chi connectivity index (χ3n) is 3.35. The minimum absolute atomic E-state index is 0.134. The Bertz CT molecular complexity index is 563. The lowest BCUT2D eigenvalue weighted by molar-refractivity contribution is -0.165. The molecule has 0 unspecified atom stereocenters. The molecular formula is C15H20FNO7. The average molecular weight is 345 g/mol. The van der Waals surface area contributed by atoms with Crippen LogP contribution >= 0.6 is 0 Å². The summed E-state index contributed by atoms with van der Waals surface area (Å²) in [5, 5.41) is 35.5. The van der Waals surface area contributed by atoms with Crippen molar-refractivity contribution in [3.8, 4) is 0 Å². The van der Waals surface area contributed by atoms with Crippen LogP contribution in [-0.2, 0) is 20.7 Å². The zero-order valence-electron chi connectivity index (χ0n) is 13.0. The van der Waals surface area contributed by atoms with E-state index in [1.54, 1.807) is 6.07 Å². The third-order valence-corrected chi connectivity index (χ3v) is 3.35. The summed E-state index contributed by atoms with van der Waals surface area (Å²) in [6.45, 7) is 1.34. The van der Waals surface area contributed by atoms with Crippen molar-refractivity contribution in [1.82, 2.24) is 5.32 Å². The molecule has 2 rings (SSSR count). The van der Waals surface area contributed by atoms with Crippen molar-refractivity contribution in [3.63, 3.8) is 0 Å². The predicted octanol–water partition coefficient (Wildman–Crippen LogP) is -0.464. The molecule has 5 N–H and O–H groups in total. The smallest absolute Gasteiger partial charge is 0.335 e. The number of carboxylic acid groups (broad SMARTS) is 2. The number of rotatable bonds is 5. The number of hydrogen-bond acceptors (Lipinski definition) is 6. The maximum Gasteiger partial charge on any atom is 0.335 e. The molecule has 0 aromatic heterocycles. The van der Waals surface area contributed by atoms with Gasteiger partial charge in [0.1, 0.15) is 5.82 Å². The van der Waals surface area contributed by atoms with Gasteiger partial charge in [-0.15, -0.1) is 0 Å². The van der Waals surface area contributed by atoms with Crippen LogP contribution in [0.3, 0.4) is 0 Å². The number of aliphatic hydroxyl groups excluding tert-OH is 2. The summed E-state index contributed by atoms with van der Waals surface area (Å²) < 4.78 is 19.1. The Morgan fingerprint density at radius 3 is 2.38 bits per heavy atom. The van der Waals surface area contributed by atoms with E-state index in [4.69, 9.17) is 25.2 Å². The molecular weight excluding hydrogens is 325 g/mol. The molecule has 9 heteroatoms. The van der Waals surface area contributed by atoms with E-state index in [1.165, 1.54) is 6.07 Å². The van der Waals surface area contributed by atoms with Gasteiger partial charge in [-0.3, -0.25) is 0 Å². The Balaban J connectivity index is 0.000000257. The standard InChI is InChI=1S/C11H14FNO.C4H6O6/c1-13-7-10-11-8(5-6-14-10)3-2-4-9(11)12;5-1(3(7)8)2(6)4(9)10/h2-4,10,13H,5-7H2,1H3;1-2,5-6H,(H,7,8)(H,9,10)/t10-;1-,2-/m00/s1. The lowest BCUT2D eigenvalue weighted by Gasteiger charge is -2.26. The lowest BCUT2D eigenvalue weighted by Crippen LogP contribution is -2.39. The predicted molar refractivity (Wildman–Crippen MR) is 80.0 cm³/mol. The number of nitrogens with one attached hydrogen (secondary N) is 1. The zero-order chi connectivity index (χ0) is 18.3. The first-order valence-electron chi connectivity index (χ1n) is 7.14. The van der Waals surface area contributed by atoms with Crippen LogP contribution in [0.5, 0.6) is 0 Å². The minimum Gasteiger partial charge on any atom is -0.479 e. The van der Waals surface area contributed by atoms with Crippen LogP contribution in [-0.4, -0.2) is 64.8 Å². The molecule has 0 amide bonds. The van der Waals surface area contributed by atoms with Crippen molar-refractivity contribution < 1.29 is 39.1 Å². The van der Waals surface area contributed by atoms with Gasteiger partial charge in [0.2, 0.25) is 0 Å². The topological polar surface area (TPSA) is 136 Å². The number of ether oxygens (including phenoxy) is 1. The molecule has 0 saturated heterocycles. The van der Waals surface area contributed by atoms with Gasteiger partial charge < -0.3 is 30.5 Å². The van der Waals surface area contributed by atoms with Gasteiger partial charge in [-0.2, -0.15) is 0 Å². The van der Waals surface area contributed by atoms with Gasteiger partial charge in [0, 0.05) is 12.1 Å². The highest BCUT2D eigenvalue weighted by atomic mass is 19.1. The van der Waals surface area contributed by atoms with E-state index in [2.05, 4.69) is 5.32 Å². The molecule has 0 fully saturated rings. The van der Waals surface area contributed by atoms with E-state index in [1.807, 2.05) is 13.1 Å². The number of fused-ring (bicyclic) bond motifs is 1. The number of carbonyl (C=O) groups is 2. The van der Waals surface area contributed by atoms with E-state index >= 15 is 0 Å². The van der Waals surface area contributed by atoms with Crippen molar-refractivity contribution >= 4 is 11.9 Å². The summed E-state index contributed by atoms with van der Waals surface area (Å²) in [6.07, 6.45) is -3.85. The number of aliphatic hydroxyl groups is 2. The molecule has 0 bridgehead atoms. The van der Waals surface area contributed by atoms with Crippen molar-refractivity contribution in [1.29, 1.82) is 0 Å². The Morgan fingerprint density at radius 2 is 1.88 bits per heavy atom. The Kier molecular flexibility index (Phi) is 7.72. The SMILES string of the molecule is CNC[C@@H]1OCCc2cccc(F)c21.O=C(O)[C@@H](O)[C@H](O)C(=O)O. The summed E-state index contributed by atoms with van der Waals surface area (Å²) in [5.41, 5.74) is 1.81. The van der Waals surface area contributed by atoms with E-state index in [0.717, 1.165) is 17.5 Å². The summed E-state index contributed by atoms with van der Waals surface area (Å²) in [5.74, 6) is -3.69. The highest BCUT2D eigenvalue weighted by molar-refractivity contribution is 5.83. The second-order valence-electron chi connectivity index (χ2n) is 5.05. The fourth-order valence-corrected chi connectivity index (χ4v) is 2.17. The first-order chi connectivity index (χ1) is 11.3. The lowest BCUT2D eigenvalue weighted by atomic mass is 9.97. The molecule has 1 heterocycles. The Morgan fingerprint density at radius 1 is 1.29 bits per heavy atom. The molecule has 1 aromatic rings. The van der Waals surface area contributed by atoms with Crippen LogP contribution in [0.1, 0.15) is 17.2 Å². The van der Waals surface area contributed by atoms with Crippen LogP contribution in [0.25, 0.3) is 0 Å². The maximum atomic E-state index is 13.5. The molecule has 0 spiro atoms. The number of likely N-dealkylation sites (N-methyl/N-ethyl adjacent to an activating group) is 1. The number of benzene rings is 1. The van der Waals surface area contributed by atoms with Crippen LogP contribution < -0.4 is 5.32 Å². The summed E-state index contributed by atoms with van der Waals surface area (Å²) in [6, 6.07) is 5.23. The normalized spacial score (nSPS) is 18.6. The molecule has 1 aromatic carbocycles. The minimum atomic E-state index is -2.27. The molecule has 0 aliphatic carbocycles. The number of carboxylic acids is 2. The van der Waals surface area contributed by atoms with Crippen LogP contribution in [0, 0.1) is 5.82 Å². The fourth-order valence-electron chi connectivity index (χ4n) is 2.17. The second kappa shape index (κ2) is 9.28. The quantitative estimate of drug-likeness (QED) is 0.483.